The van der Waals surface area contributed by atoms with Crippen molar-refractivity contribution in [2.75, 3.05) is 11.9 Å². The predicted octanol–water partition coefficient (Wildman–Crippen LogP) is 4.85. The van der Waals surface area contributed by atoms with Gasteiger partial charge in [0.1, 0.15) is 11.4 Å². The van der Waals surface area contributed by atoms with Crippen molar-refractivity contribution in [1.29, 1.82) is 0 Å². The smallest absolute Gasteiger partial charge is 0.172 e. The van der Waals surface area contributed by atoms with E-state index in [1.165, 1.54) is 35.2 Å². The van der Waals surface area contributed by atoms with Crippen LogP contribution in [0.1, 0.15) is 59.5 Å². The Morgan fingerprint density at radius 2 is 1.86 bits per heavy atom. The fraction of sp³-hybridized carbons (Fsp3) is 0.375. The summed E-state index contributed by atoms with van der Waals surface area (Å²) in [6.45, 7) is 0.934. The molecule has 0 bridgehead atoms. The minimum atomic E-state index is -0.0548. The zero-order valence-electron chi connectivity index (χ0n) is 16.7. The van der Waals surface area contributed by atoms with E-state index >= 15 is 0 Å². The molecule has 0 radical (unpaired) electrons. The van der Waals surface area contributed by atoms with E-state index < -0.39 is 0 Å². The summed E-state index contributed by atoms with van der Waals surface area (Å²) >= 11 is 0. The van der Waals surface area contributed by atoms with E-state index in [1.807, 2.05) is 0 Å². The SMILES string of the molecule is O=Cc1nc(CCCCCNc2c3c(nc4ccccc24)CCCC3)ccc1O. The standard InChI is InChI=1S/C24H27N3O2/c28-16-22-23(29)14-13-17(26-22)8-2-1-7-15-25-24-18-9-3-5-11-20(18)27-21-12-6-4-10-19(21)24/h3,5,9,11,13-14,16,29H,1-2,4,6-8,10,12,15H2,(H,25,27). The second kappa shape index (κ2) is 9.03. The highest BCUT2D eigenvalue weighted by Crippen LogP contribution is 2.33. The van der Waals surface area contributed by atoms with Gasteiger partial charge in [0.2, 0.25) is 0 Å². The van der Waals surface area contributed by atoms with Gasteiger partial charge in [0, 0.05) is 29.0 Å². The lowest BCUT2D eigenvalue weighted by atomic mass is 9.92. The van der Waals surface area contributed by atoms with Gasteiger partial charge in [-0.2, -0.15) is 0 Å². The predicted molar refractivity (Wildman–Crippen MR) is 116 cm³/mol. The van der Waals surface area contributed by atoms with Gasteiger partial charge in [-0.1, -0.05) is 24.6 Å². The summed E-state index contributed by atoms with van der Waals surface area (Å²) in [7, 11) is 0. The normalized spacial score (nSPS) is 13.2. The Morgan fingerprint density at radius 3 is 2.76 bits per heavy atom. The number of anilines is 1. The van der Waals surface area contributed by atoms with Crippen LogP contribution in [0.5, 0.6) is 5.75 Å². The molecule has 150 valence electrons. The van der Waals surface area contributed by atoms with Gasteiger partial charge in [0.05, 0.1) is 5.52 Å². The largest absolute Gasteiger partial charge is 0.506 e. The monoisotopic (exact) mass is 389 g/mol. The lowest BCUT2D eigenvalue weighted by Gasteiger charge is -2.21. The molecule has 3 aromatic rings. The molecule has 0 amide bonds. The first-order valence-corrected chi connectivity index (χ1v) is 10.5. The van der Waals surface area contributed by atoms with Gasteiger partial charge >= 0.3 is 0 Å². The van der Waals surface area contributed by atoms with Crippen molar-refractivity contribution in [2.24, 2.45) is 0 Å². The Kier molecular flexibility index (Phi) is 6.03. The number of nitrogens with one attached hydrogen (secondary N) is 1. The molecule has 29 heavy (non-hydrogen) atoms. The number of aromatic nitrogens is 2. The molecular formula is C24H27N3O2. The number of para-hydroxylation sites is 1. The van der Waals surface area contributed by atoms with Crippen LogP contribution in [-0.2, 0) is 19.3 Å². The number of unbranched alkanes of at least 4 members (excludes halogenated alkanes) is 2. The Hall–Kier alpha value is -2.95. The molecule has 1 aliphatic rings. The van der Waals surface area contributed by atoms with Crippen LogP contribution in [0.3, 0.4) is 0 Å². The topological polar surface area (TPSA) is 75.1 Å². The van der Waals surface area contributed by atoms with E-state index in [1.54, 1.807) is 12.1 Å². The minimum absolute atomic E-state index is 0.0548. The van der Waals surface area contributed by atoms with Gasteiger partial charge < -0.3 is 10.4 Å². The highest BCUT2D eigenvalue weighted by molar-refractivity contribution is 5.93. The molecule has 0 unspecified atom stereocenters. The van der Waals surface area contributed by atoms with Crippen LogP contribution in [0.4, 0.5) is 5.69 Å². The van der Waals surface area contributed by atoms with E-state index in [9.17, 15) is 9.90 Å². The van der Waals surface area contributed by atoms with E-state index in [0.29, 0.717) is 6.29 Å². The highest BCUT2D eigenvalue weighted by atomic mass is 16.3. The molecule has 2 N–H and O–H groups in total. The molecule has 0 aliphatic heterocycles. The van der Waals surface area contributed by atoms with Crippen molar-refractivity contribution >= 4 is 22.9 Å². The number of nitrogens with zero attached hydrogens (tertiary/aromatic N) is 2. The second-order valence-electron chi connectivity index (χ2n) is 7.70. The molecule has 5 nitrogen and oxygen atoms in total. The van der Waals surface area contributed by atoms with Crippen molar-refractivity contribution in [3.8, 4) is 5.75 Å². The van der Waals surface area contributed by atoms with Gasteiger partial charge in [-0.25, -0.2) is 4.98 Å². The number of aldehydes is 1. The summed E-state index contributed by atoms with van der Waals surface area (Å²) < 4.78 is 0. The molecule has 0 fully saturated rings. The number of carbonyl (C=O) groups excluding carboxylic acids is 1. The molecular weight excluding hydrogens is 362 g/mol. The third-order valence-electron chi connectivity index (χ3n) is 5.65. The zero-order chi connectivity index (χ0) is 20.1. The van der Waals surface area contributed by atoms with Gasteiger partial charge in [-0.15, -0.1) is 0 Å². The Bertz CT molecular complexity index is 1020. The van der Waals surface area contributed by atoms with Gasteiger partial charge in [0.25, 0.3) is 0 Å². The van der Waals surface area contributed by atoms with E-state index in [4.69, 9.17) is 4.98 Å². The van der Waals surface area contributed by atoms with Crippen molar-refractivity contribution < 1.29 is 9.90 Å². The van der Waals surface area contributed by atoms with Crippen LogP contribution < -0.4 is 5.32 Å². The van der Waals surface area contributed by atoms with Crippen molar-refractivity contribution in [3.63, 3.8) is 0 Å². The van der Waals surface area contributed by atoms with E-state index in [0.717, 1.165) is 56.3 Å². The summed E-state index contributed by atoms with van der Waals surface area (Å²) in [4.78, 5) is 20.0. The van der Waals surface area contributed by atoms with Crippen LogP contribution in [0.15, 0.2) is 36.4 Å². The van der Waals surface area contributed by atoms with Gasteiger partial charge in [-0.05, 0) is 68.7 Å². The average Bonchev–Trinajstić information content (AvgIpc) is 2.76. The molecule has 2 aromatic heterocycles. The van der Waals surface area contributed by atoms with Gasteiger partial charge in [-0.3, -0.25) is 9.78 Å². The average molecular weight is 389 g/mol. The maximum Gasteiger partial charge on any atom is 0.172 e. The molecule has 5 heteroatoms. The molecule has 2 heterocycles. The third-order valence-corrected chi connectivity index (χ3v) is 5.65. The summed E-state index contributed by atoms with van der Waals surface area (Å²) in [5.41, 5.74) is 6.01. The fourth-order valence-corrected chi connectivity index (χ4v) is 4.13. The first-order chi connectivity index (χ1) is 14.3. The van der Waals surface area contributed by atoms with Crippen LogP contribution >= 0.6 is 0 Å². The fourth-order valence-electron chi connectivity index (χ4n) is 4.13. The number of aryl methyl sites for hydroxylation is 2. The Morgan fingerprint density at radius 1 is 1.00 bits per heavy atom. The van der Waals surface area contributed by atoms with Crippen LogP contribution in [0, 0.1) is 0 Å². The minimum Gasteiger partial charge on any atom is -0.506 e. The Balaban J connectivity index is 1.34. The number of hydrogen-bond donors (Lipinski definition) is 2. The summed E-state index contributed by atoms with van der Waals surface area (Å²) in [5, 5.41) is 14.5. The molecule has 0 saturated heterocycles. The number of aromatic hydroxyl groups is 1. The summed E-state index contributed by atoms with van der Waals surface area (Å²) in [5.74, 6) is -0.0548. The first kappa shape index (κ1) is 19.4. The number of fused-ring (bicyclic) bond motifs is 2. The molecule has 4 rings (SSSR count). The lowest BCUT2D eigenvalue weighted by molar-refractivity contribution is 0.111. The number of benzene rings is 1. The molecule has 0 atom stereocenters. The van der Waals surface area contributed by atoms with E-state index in [2.05, 4.69) is 34.6 Å². The molecule has 1 aromatic carbocycles. The third kappa shape index (κ3) is 4.39. The molecule has 0 spiro atoms. The number of pyridine rings is 2. The lowest BCUT2D eigenvalue weighted by Crippen LogP contribution is -2.12. The quantitative estimate of drug-likeness (QED) is 0.425. The van der Waals surface area contributed by atoms with Crippen LogP contribution in [-0.4, -0.2) is 27.9 Å². The van der Waals surface area contributed by atoms with Gasteiger partial charge in [0.15, 0.2) is 6.29 Å². The van der Waals surface area contributed by atoms with Crippen molar-refractivity contribution in [1.82, 2.24) is 9.97 Å². The van der Waals surface area contributed by atoms with Crippen molar-refractivity contribution in [3.05, 3.63) is 59.0 Å². The van der Waals surface area contributed by atoms with E-state index in [-0.39, 0.29) is 11.4 Å². The summed E-state index contributed by atoms with van der Waals surface area (Å²) in [6, 6.07) is 11.7. The van der Waals surface area contributed by atoms with Crippen LogP contribution in [0.2, 0.25) is 0 Å². The Labute approximate surface area is 171 Å². The van der Waals surface area contributed by atoms with Crippen molar-refractivity contribution in [2.45, 2.75) is 51.4 Å². The molecule has 1 aliphatic carbocycles. The first-order valence-electron chi connectivity index (χ1n) is 10.5. The summed E-state index contributed by atoms with van der Waals surface area (Å²) in [6.07, 6.45) is 9.24. The van der Waals surface area contributed by atoms with Crippen LogP contribution in [0.25, 0.3) is 10.9 Å². The number of hydrogen-bond acceptors (Lipinski definition) is 5. The maximum absolute atomic E-state index is 10.9. The highest BCUT2D eigenvalue weighted by Gasteiger charge is 2.17. The second-order valence-corrected chi connectivity index (χ2v) is 7.70. The number of carbonyl (C=O) groups is 1. The number of rotatable bonds is 8. The molecule has 0 saturated carbocycles. The maximum atomic E-state index is 10.9. The zero-order valence-corrected chi connectivity index (χ0v) is 16.7.